The molecule has 0 bridgehead atoms. The highest BCUT2D eigenvalue weighted by atomic mass is 16.4. The number of hydrogen-bond acceptors (Lipinski definition) is 4. The topological polar surface area (TPSA) is 74.0 Å². The molecular formula is C21H28N2O4. The second-order valence-electron chi connectivity index (χ2n) is 7.65. The summed E-state index contributed by atoms with van der Waals surface area (Å²) in [5, 5.41) is 10.0. The molecule has 1 unspecified atom stereocenters. The fourth-order valence-corrected chi connectivity index (χ4v) is 4.09. The zero-order valence-corrected chi connectivity index (χ0v) is 16.5. The lowest BCUT2D eigenvalue weighted by Crippen LogP contribution is -2.37. The molecule has 1 amide bonds. The van der Waals surface area contributed by atoms with Crippen molar-refractivity contribution >= 4 is 22.8 Å². The Morgan fingerprint density at radius 3 is 2.56 bits per heavy atom. The molecule has 1 aliphatic rings. The van der Waals surface area contributed by atoms with Crippen molar-refractivity contribution in [3.8, 4) is 0 Å². The van der Waals surface area contributed by atoms with Crippen molar-refractivity contribution in [2.75, 3.05) is 26.7 Å². The Kier molecular flexibility index (Phi) is 5.56. The first-order valence-corrected chi connectivity index (χ1v) is 9.50. The highest BCUT2D eigenvalue weighted by Crippen LogP contribution is 2.31. The number of carboxylic acids is 1. The molecule has 2 aromatic rings. The molecule has 6 heteroatoms. The van der Waals surface area contributed by atoms with Crippen LogP contribution in [0.2, 0.25) is 0 Å². The molecule has 6 nitrogen and oxygen atoms in total. The highest BCUT2D eigenvalue weighted by Gasteiger charge is 2.28. The van der Waals surface area contributed by atoms with Crippen LogP contribution in [0.3, 0.4) is 0 Å². The lowest BCUT2D eigenvalue weighted by Gasteiger charge is -2.25. The van der Waals surface area contributed by atoms with Crippen molar-refractivity contribution in [2.45, 2.75) is 46.1 Å². The molecule has 1 aromatic heterocycles. The van der Waals surface area contributed by atoms with E-state index in [4.69, 9.17) is 9.52 Å². The van der Waals surface area contributed by atoms with Crippen LogP contribution in [0.4, 0.5) is 0 Å². The van der Waals surface area contributed by atoms with Gasteiger partial charge in [-0.25, -0.2) is 0 Å². The van der Waals surface area contributed by atoms with Crippen LogP contribution >= 0.6 is 0 Å². The molecule has 2 heterocycles. The van der Waals surface area contributed by atoms with Crippen LogP contribution in [-0.2, 0) is 4.79 Å². The van der Waals surface area contributed by atoms with E-state index in [1.54, 1.807) is 0 Å². The monoisotopic (exact) mass is 372 g/mol. The van der Waals surface area contributed by atoms with E-state index in [2.05, 4.69) is 6.07 Å². The first-order chi connectivity index (χ1) is 12.8. The quantitative estimate of drug-likeness (QED) is 0.891. The van der Waals surface area contributed by atoms with E-state index in [0.29, 0.717) is 18.8 Å². The summed E-state index contributed by atoms with van der Waals surface area (Å²) in [6.07, 6.45) is 2.52. The van der Waals surface area contributed by atoms with E-state index in [1.807, 2.05) is 43.7 Å². The number of fused-ring (bicyclic) bond motifs is 1. The molecule has 146 valence electrons. The van der Waals surface area contributed by atoms with E-state index >= 15 is 0 Å². The molecule has 1 atom stereocenters. The maximum Gasteiger partial charge on any atom is 0.317 e. The van der Waals surface area contributed by atoms with E-state index < -0.39 is 5.97 Å². The third kappa shape index (κ3) is 3.86. The number of furan rings is 1. The van der Waals surface area contributed by atoms with Gasteiger partial charge in [0, 0.05) is 30.1 Å². The largest absolute Gasteiger partial charge is 0.480 e. The minimum Gasteiger partial charge on any atom is -0.480 e. The standard InChI is InChI=1S/C21H28N2O4/c1-13-7-8-14(2)19-18(13)15(3)20(27-19)21(26)23-10-5-6-16(9-11-23)22(4)12-17(24)25/h7-8,16H,5-6,9-12H2,1-4H3,(H,24,25). The van der Waals surface area contributed by atoms with Crippen LogP contribution < -0.4 is 0 Å². The molecule has 1 N–H and O–H groups in total. The number of carbonyl (C=O) groups excluding carboxylic acids is 1. The van der Waals surface area contributed by atoms with Crippen LogP contribution in [0, 0.1) is 20.8 Å². The van der Waals surface area contributed by atoms with E-state index in [0.717, 1.165) is 46.9 Å². The number of benzene rings is 1. The van der Waals surface area contributed by atoms with Crippen LogP contribution in [0.5, 0.6) is 0 Å². The number of amides is 1. The molecule has 0 aliphatic carbocycles. The lowest BCUT2D eigenvalue weighted by atomic mass is 10.0. The molecule has 1 aromatic carbocycles. The number of aryl methyl sites for hydroxylation is 3. The predicted molar refractivity (Wildman–Crippen MR) is 104 cm³/mol. The zero-order chi connectivity index (χ0) is 19.7. The van der Waals surface area contributed by atoms with Gasteiger partial charge in [0.1, 0.15) is 5.58 Å². The van der Waals surface area contributed by atoms with E-state index in [9.17, 15) is 9.59 Å². The number of likely N-dealkylation sites (N-methyl/N-ethyl adjacent to an activating group) is 1. The third-order valence-corrected chi connectivity index (χ3v) is 5.67. The minimum absolute atomic E-state index is 0.0276. The molecular weight excluding hydrogens is 344 g/mol. The van der Waals surface area contributed by atoms with Crippen molar-refractivity contribution in [3.63, 3.8) is 0 Å². The lowest BCUT2D eigenvalue weighted by molar-refractivity contribution is -0.138. The van der Waals surface area contributed by atoms with Crippen LogP contribution in [0.1, 0.15) is 46.5 Å². The number of carboxylic acid groups (broad SMARTS) is 1. The summed E-state index contributed by atoms with van der Waals surface area (Å²) >= 11 is 0. The maximum atomic E-state index is 13.1. The van der Waals surface area contributed by atoms with Gasteiger partial charge < -0.3 is 14.4 Å². The Morgan fingerprint density at radius 2 is 1.89 bits per heavy atom. The van der Waals surface area contributed by atoms with Gasteiger partial charge in [0.15, 0.2) is 5.76 Å². The average molecular weight is 372 g/mol. The van der Waals surface area contributed by atoms with Gasteiger partial charge in [-0.2, -0.15) is 0 Å². The Hall–Kier alpha value is -2.34. The Labute approximate surface area is 159 Å². The summed E-state index contributed by atoms with van der Waals surface area (Å²) in [6.45, 7) is 7.29. The van der Waals surface area contributed by atoms with Gasteiger partial charge in [-0.3, -0.25) is 14.5 Å². The first-order valence-electron chi connectivity index (χ1n) is 9.50. The number of nitrogens with zero attached hydrogens (tertiary/aromatic N) is 2. The van der Waals surface area contributed by atoms with E-state index in [1.165, 1.54) is 0 Å². The smallest absolute Gasteiger partial charge is 0.317 e. The summed E-state index contributed by atoms with van der Waals surface area (Å²) in [5.41, 5.74) is 3.84. The van der Waals surface area contributed by atoms with Crippen molar-refractivity contribution in [1.29, 1.82) is 0 Å². The Bertz CT molecular complexity index is 871. The second-order valence-corrected chi connectivity index (χ2v) is 7.65. The van der Waals surface area contributed by atoms with Crippen LogP contribution in [0.25, 0.3) is 11.0 Å². The number of rotatable bonds is 4. The first kappa shape index (κ1) is 19.4. The summed E-state index contributed by atoms with van der Waals surface area (Å²) in [4.78, 5) is 27.8. The van der Waals surface area contributed by atoms with Crippen molar-refractivity contribution in [2.24, 2.45) is 0 Å². The molecule has 0 radical (unpaired) electrons. The maximum absolute atomic E-state index is 13.1. The number of likely N-dealkylation sites (tertiary alicyclic amines) is 1. The van der Waals surface area contributed by atoms with Gasteiger partial charge in [-0.1, -0.05) is 12.1 Å². The second kappa shape index (κ2) is 7.72. The summed E-state index contributed by atoms with van der Waals surface area (Å²) in [7, 11) is 1.84. The van der Waals surface area contributed by atoms with E-state index in [-0.39, 0.29) is 18.5 Å². The van der Waals surface area contributed by atoms with Gasteiger partial charge in [0.05, 0.1) is 6.54 Å². The zero-order valence-electron chi connectivity index (χ0n) is 16.5. The number of aliphatic carboxylic acids is 1. The molecule has 1 aliphatic heterocycles. The minimum atomic E-state index is -0.821. The van der Waals surface area contributed by atoms with Gasteiger partial charge in [-0.05, 0) is 58.2 Å². The highest BCUT2D eigenvalue weighted by molar-refractivity contribution is 6.00. The SMILES string of the molecule is Cc1ccc(C)c2c(C)c(C(=O)N3CCCC(N(C)CC(=O)O)CC3)oc12. The molecule has 27 heavy (non-hydrogen) atoms. The van der Waals surface area contributed by atoms with Gasteiger partial charge in [0.25, 0.3) is 5.91 Å². The van der Waals surface area contributed by atoms with Gasteiger partial charge >= 0.3 is 5.97 Å². The fourth-order valence-electron chi connectivity index (χ4n) is 4.09. The summed E-state index contributed by atoms with van der Waals surface area (Å²) in [6, 6.07) is 4.26. The fraction of sp³-hybridized carbons (Fsp3) is 0.524. The molecule has 3 rings (SSSR count). The molecule has 0 spiro atoms. The average Bonchev–Trinajstić information content (AvgIpc) is 2.80. The number of hydrogen-bond donors (Lipinski definition) is 1. The summed E-state index contributed by atoms with van der Waals surface area (Å²) < 4.78 is 6.01. The van der Waals surface area contributed by atoms with Crippen molar-refractivity contribution in [3.05, 3.63) is 34.6 Å². The Morgan fingerprint density at radius 1 is 1.19 bits per heavy atom. The predicted octanol–water partition coefficient (Wildman–Crippen LogP) is 3.37. The summed E-state index contributed by atoms with van der Waals surface area (Å²) in [5.74, 6) is -0.456. The third-order valence-electron chi connectivity index (χ3n) is 5.67. The normalized spacial score (nSPS) is 18.1. The van der Waals surface area contributed by atoms with Gasteiger partial charge in [0.2, 0.25) is 0 Å². The molecule has 1 saturated heterocycles. The van der Waals surface area contributed by atoms with Crippen LogP contribution in [0.15, 0.2) is 16.5 Å². The molecule has 0 saturated carbocycles. The van der Waals surface area contributed by atoms with Crippen LogP contribution in [-0.4, -0.2) is 59.5 Å². The number of carbonyl (C=O) groups is 2. The van der Waals surface area contributed by atoms with Crippen molar-refractivity contribution in [1.82, 2.24) is 9.80 Å². The van der Waals surface area contributed by atoms with Crippen molar-refractivity contribution < 1.29 is 19.1 Å². The molecule has 1 fully saturated rings. The Balaban J connectivity index is 1.80. The van der Waals surface area contributed by atoms with Gasteiger partial charge in [-0.15, -0.1) is 0 Å².